The Morgan fingerprint density at radius 2 is 2.22 bits per heavy atom. The van der Waals surface area contributed by atoms with Crippen LogP contribution in [0, 0.1) is 5.41 Å². The molecule has 1 saturated carbocycles. The Morgan fingerprint density at radius 3 is 2.89 bits per heavy atom. The molecule has 94 valence electrons. The summed E-state index contributed by atoms with van der Waals surface area (Å²) in [5.74, 6) is 0.741. The van der Waals surface area contributed by atoms with E-state index < -0.39 is 0 Å². The summed E-state index contributed by atoms with van der Waals surface area (Å²) in [5, 5.41) is 12.4. The van der Waals surface area contributed by atoms with Crippen molar-refractivity contribution in [1.82, 2.24) is 20.2 Å². The van der Waals surface area contributed by atoms with E-state index in [1.54, 1.807) is 12.1 Å². The first kappa shape index (κ1) is 11.5. The van der Waals surface area contributed by atoms with Gasteiger partial charge < -0.3 is 5.73 Å². The molecule has 0 bridgehead atoms. The quantitative estimate of drug-likeness (QED) is 0.863. The van der Waals surface area contributed by atoms with Crippen molar-refractivity contribution in [3.05, 3.63) is 23.2 Å². The number of benzene rings is 1. The van der Waals surface area contributed by atoms with E-state index in [1.165, 1.54) is 12.8 Å². The Bertz CT molecular complexity index is 588. The molecule has 0 aliphatic heterocycles. The maximum absolute atomic E-state index is 6.03. The van der Waals surface area contributed by atoms with Crippen LogP contribution in [0.5, 0.6) is 0 Å². The van der Waals surface area contributed by atoms with Crippen LogP contribution in [0.3, 0.4) is 0 Å². The molecule has 0 amide bonds. The largest absolute Gasteiger partial charge is 0.398 e. The number of nitrogens with two attached hydrogens (primary N) is 1. The number of tetrazole rings is 1. The maximum atomic E-state index is 6.03. The molecule has 3 rings (SSSR count). The lowest BCUT2D eigenvalue weighted by Gasteiger charge is -2.10. The molecule has 1 aliphatic rings. The van der Waals surface area contributed by atoms with Crippen LogP contribution in [0.15, 0.2) is 18.2 Å². The molecule has 0 saturated heterocycles. The van der Waals surface area contributed by atoms with Crippen LogP contribution < -0.4 is 5.73 Å². The third-order valence-corrected chi connectivity index (χ3v) is 3.75. The molecule has 0 spiro atoms. The van der Waals surface area contributed by atoms with Crippen molar-refractivity contribution >= 4 is 17.3 Å². The van der Waals surface area contributed by atoms with Gasteiger partial charge in [-0.25, -0.2) is 4.68 Å². The van der Waals surface area contributed by atoms with Gasteiger partial charge >= 0.3 is 0 Å². The lowest BCUT2D eigenvalue weighted by atomic mass is 10.1. The summed E-state index contributed by atoms with van der Waals surface area (Å²) in [6, 6.07) is 5.46. The van der Waals surface area contributed by atoms with Crippen molar-refractivity contribution < 1.29 is 0 Å². The minimum atomic E-state index is 0.349. The average Bonchev–Trinajstić information content (AvgIpc) is 2.88. The Morgan fingerprint density at radius 1 is 1.44 bits per heavy atom. The Balaban J connectivity index is 1.96. The number of anilines is 1. The van der Waals surface area contributed by atoms with Crippen LogP contribution in [0.1, 0.15) is 19.8 Å². The van der Waals surface area contributed by atoms with Gasteiger partial charge in [0, 0.05) is 5.56 Å². The second kappa shape index (κ2) is 3.95. The summed E-state index contributed by atoms with van der Waals surface area (Å²) < 4.78 is 1.84. The summed E-state index contributed by atoms with van der Waals surface area (Å²) in [6.07, 6.45) is 2.46. The molecule has 0 radical (unpaired) electrons. The van der Waals surface area contributed by atoms with Gasteiger partial charge in [0.1, 0.15) is 0 Å². The van der Waals surface area contributed by atoms with Crippen LogP contribution in [-0.4, -0.2) is 20.2 Å². The minimum Gasteiger partial charge on any atom is -0.398 e. The summed E-state index contributed by atoms with van der Waals surface area (Å²) in [5.41, 5.74) is 7.51. The van der Waals surface area contributed by atoms with E-state index in [0.717, 1.165) is 17.9 Å². The average molecular weight is 264 g/mol. The predicted octanol–water partition coefficient (Wildman–Crippen LogP) is 2.38. The Hall–Kier alpha value is -1.62. The van der Waals surface area contributed by atoms with Gasteiger partial charge in [-0.05, 0) is 46.9 Å². The molecule has 2 N–H and O–H groups in total. The van der Waals surface area contributed by atoms with Gasteiger partial charge in [0.05, 0.1) is 17.3 Å². The first-order chi connectivity index (χ1) is 8.57. The van der Waals surface area contributed by atoms with Gasteiger partial charge in [-0.2, -0.15) is 0 Å². The zero-order valence-electron chi connectivity index (χ0n) is 10.1. The zero-order valence-corrected chi connectivity index (χ0v) is 10.9. The van der Waals surface area contributed by atoms with Crippen molar-refractivity contribution in [2.75, 3.05) is 5.73 Å². The smallest absolute Gasteiger partial charge is 0.182 e. The SMILES string of the molecule is CC1(Cn2nnnc2-c2ccc(N)c(Cl)c2)CC1. The van der Waals surface area contributed by atoms with Gasteiger partial charge in [-0.1, -0.05) is 18.5 Å². The standard InChI is InChI=1S/C12H14ClN5/c1-12(4-5-12)7-18-11(15-16-17-18)8-2-3-10(14)9(13)6-8/h2-3,6H,4-5,7,14H2,1H3. The minimum absolute atomic E-state index is 0.349. The van der Waals surface area contributed by atoms with Crippen LogP contribution in [0.2, 0.25) is 5.02 Å². The topological polar surface area (TPSA) is 69.6 Å². The van der Waals surface area contributed by atoms with Crippen molar-refractivity contribution in [1.29, 1.82) is 0 Å². The first-order valence-corrected chi connectivity index (χ1v) is 6.27. The predicted molar refractivity (Wildman–Crippen MR) is 70.0 cm³/mol. The number of halogens is 1. The van der Waals surface area contributed by atoms with E-state index in [0.29, 0.717) is 16.1 Å². The van der Waals surface area contributed by atoms with Gasteiger partial charge in [-0.3, -0.25) is 0 Å². The summed E-state index contributed by atoms with van der Waals surface area (Å²) in [4.78, 5) is 0. The second-order valence-corrected chi connectivity index (χ2v) is 5.61. The van der Waals surface area contributed by atoms with Gasteiger partial charge in [0.15, 0.2) is 5.82 Å². The number of nitrogen functional groups attached to an aromatic ring is 1. The highest BCUT2D eigenvalue weighted by Gasteiger charge is 2.38. The molecule has 0 unspecified atom stereocenters. The van der Waals surface area contributed by atoms with Crippen LogP contribution in [0.4, 0.5) is 5.69 Å². The zero-order chi connectivity index (χ0) is 12.8. The van der Waals surface area contributed by atoms with Crippen LogP contribution >= 0.6 is 11.6 Å². The molecular weight excluding hydrogens is 250 g/mol. The fraction of sp³-hybridized carbons (Fsp3) is 0.417. The third-order valence-electron chi connectivity index (χ3n) is 3.43. The number of hydrogen-bond acceptors (Lipinski definition) is 4. The normalized spacial score (nSPS) is 16.8. The van der Waals surface area contributed by atoms with Gasteiger partial charge in [0.2, 0.25) is 0 Å². The number of aromatic nitrogens is 4. The van der Waals surface area contributed by atoms with E-state index in [4.69, 9.17) is 17.3 Å². The van der Waals surface area contributed by atoms with Crippen molar-refractivity contribution in [2.24, 2.45) is 5.41 Å². The lowest BCUT2D eigenvalue weighted by molar-refractivity contribution is 0.427. The first-order valence-electron chi connectivity index (χ1n) is 5.89. The Kier molecular flexibility index (Phi) is 2.52. The molecular formula is C12H14ClN5. The molecule has 6 heteroatoms. The van der Waals surface area contributed by atoms with Gasteiger partial charge in [0.25, 0.3) is 0 Å². The molecule has 1 aliphatic carbocycles. The van der Waals surface area contributed by atoms with E-state index in [1.807, 2.05) is 10.7 Å². The number of hydrogen-bond donors (Lipinski definition) is 1. The lowest BCUT2D eigenvalue weighted by Crippen LogP contribution is -2.11. The van der Waals surface area contributed by atoms with E-state index in [9.17, 15) is 0 Å². The molecule has 1 aromatic carbocycles. The summed E-state index contributed by atoms with van der Waals surface area (Å²) >= 11 is 6.03. The fourth-order valence-corrected chi connectivity index (χ4v) is 2.10. The Labute approximate surface area is 110 Å². The third kappa shape index (κ3) is 2.06. The van der Waals surface area contributed by atoms with E-state index in [-0.39, 0.29) is 0 Å². The number of rotatable bonds is 3. The molecule has 5 nitrogen and oxygen atoms in total. The summed E-state index contributed by atoms with van der Waals surface area (Å²) in [6.45, 7) is 3.09. The molecule has 1 aromatic heterocycles. The summed E-state index contributed by atoms with van der Waals surface area (Å²) in [7, 11) is 0. The number of nitrogens with zero attached hydrogens (tertiary/aromatic N) is 4. The maximum Gasteiger partial charge on any atom is 0.182 e. The molecule has 1 heterocycles. The molecule has 0 atom stereocenters. The molecule has 18 heavy (non-hydrogen) atoms. The second-order valence-electron chi connectivity index (χ2n) is 5.21. The fourth-order valence-electron chi connectivity index (χ4n) is 1.92. The van der Waals surface area contributed by atoms with Crippen molar-refractivity contribution in [3.8, 4) is 11.4 Å². The van der Waals surface area contributed by atoms with E-state index >= 15 is 0 Å². The van der Waals surface area contributed by atoms with Crippen LogP contribution in [0.25, 0.3) is 11.4 Å². The monoisotopic (exact) mass is 263 g/mol. The highest BCUT2D eigenvalue weighted by Crippen LogP contribution is 2.46. The highest BCUT2D eigenvalue weighted by molar-refractivity contribution is 6.33. The van der Waals surface area contributed by atoms with Crippen molar-refractivity contribution in [3.63, 3.8) is 0 Å². The molecule has 1 fully saturated rings. The van der Waals surface area contributed by atoms with Crippen molar-refractivity contribution in [2.45, 2.75) is 26.3 Å². The van der Waals surface area contributed by atoms with Gasteiger partial charge in [-0.15, -0.1) is 5.10 Å². The van der Waals surface area contributed by atoms with E-state index in [2.05, 4.69) is 22.4 Å². The highest BCUT2D eigenvalue weighted by atomic mass is 35.5. The van der Waals surface area contributed by atoms with Crippen LogP contribution in [-0.2, 0) is 6.54 Å². The molecule has 2 aromatic rings.